The van der Waals surface area contributed by atoms with Crippen molar-refractivity contribution in [1.29, 1.82) is 0 Å². The summed E-state index contributed by atoms with van der Waals surface area (Å²) in [5, 5.41) is 11.8. The molecule has 2 unspecified atom stereocenters. The number of rotatable bonds is 2. The van der Waals surface area contributed by atoms with Gasteiger partial charge < -0.3 is 15.3 Å². The first-order valence-corrected chi connectivity index (χ1v) is 7.29. The molecule has 1 fully saturated rings. The van der Waals surface area contributed by atoms with E-state index in [1.54, 1.807) is 24.3 Å². The van der Waals surface area contributed by atoms with Crippen LogP contribution in [0.15, 0.2) is 24.3 Å². The molecule has 1 heterocycles. The minimum atomic E-state index is -0.156. The molecule has 0 spiro atoms. The molecule has 21 heavy (non-hydrogen) atoms. The number of nitrogens with one attached hydrogen (secondary N) is 1. The Kier molecular flexibility index (Phi) is 5.38. The smallest absolute Gasteiger partial charge is 0.251 e. The molecule has 1 saturated heterocycles. The molecule has 2 rings (SSSR count). The van der Waals surface area contributed by atoms with Crippen molar-refractivity contribution in [2.45, 2.75) is 19.4 Å². The van der Waals surface area contributed by atoms with Gasteiger partial charge in [-0.05, 0) is 50.2 Å². The Hall–Kier alpha value is -1.83. The SMILES string of the molecule is CC1CN(C)CCC1NC(=O)c1ccc(C#CCO)cc1. The number of carbonyl (C=O) groups is 1. The van der Waals surface area contributed by atoms with Crippen molar-refractivity contribution in [2.24, 2.45) is 5.92 Å². The van der Waals surface area contributed by atoms with Crippen LogP contribution < -0.4 is 5.32 Å². The number of nitrogens with zero attached hydrogens (tertiary/aromatic N) is 1. The molecule has 4 nitrogen and oxygen atoms in total. The number of hydrogen-bond acceptors (Lipinski definition) is 3. The molecular weight excluding hydrogens is 264 g/mol. The Morgan fingerprint density at radius 3 is 2.76 bits per heavy atom. The van der Waals surface area contributed by atoms with E-state index in [2.05, 4.69) is 36.0 Å². The zero-order chi connectivity index (χ0) is 15.2. The summed E-state index contributed by atoms with van der Waals surface area (Å²) in [6, 6.07) is 7.39. The molecule has 0 aliphatic carbocycles. The molecule has 1 aliphatic heterocycles. The van der Waals surface area contributed by atoms with Crippen LogP contribution in [0.3, 0.4) is 0 Å². The standard InChI is InChI=1S/C17H22N2O2/c1-13-12-19(2)10-9-16(13)18-17(21)15-7-5-14(6-8-15)4-3-11-20/h5-8,13,16,20H,9-12H2,1-2H3,(H,18,21). The van der Waals surface area contributed by atoms with Gasteiger partial charge in [0, 0.05) is 23.7 Å². The van der Waals surface area contributed by atoms with Crippen molar-refractivity contribution in [3.05, 3.63) is 35.4 Å². The number of benzene rings is 1. The highest BCUT2D eigenvalue weighted by atomic mass is 16.2. The molecule has 1 aromatic carbocycles. The molecule has 0 aromatic heterocycles. The molecule has 1 aromatic rings. The lowest BCUT2D eigenvalue weighted by molar-refractivity contribution is 0.0884. The number of amides is 1. The lowest BCUT2D eigenvalue weighted by Crippen LogP contribution is -2.48. The van der Waals surface area contributed by atoms with Crippen molar-refractivity contribution < 1.29 is 9.90 Å². The van der Waals surface area contributed by atoms with Crippen LogP contribution in [0.25, 0.3) is 0 Å². The highest BCUT2D eigenvalue weighted by Gasteiger charge is 2.25. The van der Waals surface area contributed by atoms with E-state index >= 15 is 0 Å². The van der Waals surface area contributed by atoms with E-state index in [9.17, 15) is 4.79 Å². The molecule has 2 atom stereocenters. The Labute approximate surface area is 126 Å². The van der Waals surface area contributed by atoms with Gasteiger partial charge in [0.15, 0.2) is 0 Å². The van der Waals surface area contributed by atoms with Crippen LogP contribution in [0, 0.1) is 17.8 Å². The Morgan fingerprint density at radius 2 is 2.14 bits per heavy atom. The van der Waals surface area contributed by atoms with Gasteiger partial charge in [0.25, 0.3) is 5.91 Å². The molecule has 0 bridgehead atoms. The molecule has 1 amide bonds. The van der Waals surface area contributed by atoms with Gasteiger partial charge in [-0.25, -0.2) is 0 Å². The summed E-state index contributed by atoms with van der Waals surface area (Å²) in [7, 11) is 2.11. The van der Waals surface area contributed by atoms with Gasteiger partial charge in [-0.1, -0.05) is 18.8 Å². The van der Waals surface area contributed by atoms with Crippen molar-refractivity contribution >= 4 is 5.91 Å². The summed E-state index contributed by atoms with van der Waals surface area (Å²) in [6.45, 7) is 4.05. The normalized spacial score (nSPS) is 22.2. The molecule has 0 saturated carbocycles. The summed E-state index contributed by atoms with van der Waals surface area (Å²) in [5.74, 6) is 5.84. The number of carbonyl (C=O) groups excluding carboxylic acids is 1. The van der Waals surface area contributed by atoms with E-state index in [0.29, 0.717) is 11.5 Å². The first kappa shape index (κ1) is 15.6. The van der Waals surface area contributed by atoms with E-state index in [4.69, 9.17) is 5.11 Å². The first-order chi connectivity index (χ1) is 10.1. The van der Waals surface area contributed by atoms with Crippen LogP contribution in [-0.4, -0.2) is 48.7 Å². The van der Waals surface area contributed by atoms with E-state index in [-0.39, 0.29) is 18.6 Å². The minimum absolute atomic E-state index is 0.0296. The maximum absolute atomic E-state index is 12.3. The second-order valence-electron chi connectivity index (χ2n) is 5.65. The fourth-order valence-electron chi connectivity index (χ4n) is 2.67. The number of hydrogen-bond donors (Lipinski definition) is 2. The second-order valence-corrected chi connectivity index (χ2v) is 5.65. The van der Waals surface area contributed by atoms with Crippen LogP contribution in [0.5, 0.6) is 0 Å². The van der Waals surface area contributed by atoms with E-state index in [0.717, 1.165) is 25.1 Å². The first-order valence-electron chi connectivity index (χ1n) is 7.29. The van der Waals surface area contributed by atoms with Crippen LogP contribution in [-0.2, 0) is 0 Å². The summed E-state index contributed by atoms with van der Waals surface area (Å²) in [4.78, 5) is 14.6. The summed E-state index contributed by atoms with van der Waals surface area (Å²) in [5.41, 5.74) is 1.45. The Bertz CT molecular complexity index is 542. The monoisotopic (exact) mass is 286 g/mol. The number of likely N-dealkylation sites (tertiary alicyclic amines) is 1. The quantitative estimate of drug-likeness (QED) is 0.801. The van der Waals surface area contributed by atoms with Crippen molar-refractivity contribution in [3.63, 3.8) is 0 Å². The molecule has 4 heteroatoms. The predicted octanol–water partition coefficient (Wildman–Crippen LogP) is 1.10. The van der Waals surface area contributed by atoms with Crippen LogP contribution >= 0.6 is 0 Å². The topological polar surface area (TPSA) is 52.6 Å². The molecule has 1 aliphatic rings. The average molecular weight is 286 g/mol. The maximum Gasteiger partial charge on any atom is 0.251 e. The lowest BCUT2D eigenvalue weighted by atomic mass is 9.94. The van der Waals surface area contributed by atoms with Gasteiger partial charge in [-0.3, -0.25) is 4.79 Å². The largest absolute Gasteiger partial charge is 0.384 e. The number of aliphatic hydroxyl groups is 1. The van der Waals surface area contributed by atoms with Crippen LogP contribution in [0.2, 0.25) is 0 Å². The third-order valence-corrected chi connectivity index (χ3v) is 3.88. The van der Waals surface area contributed by atoms with Gasteiger partial charge in [0.05, 0.1) is 0 Å². The molecule has 0 radical (unpaired) electrons. The third-order valence-electron chi connectivity index (χ3n) is 3.88. The van der Waals surface area contributed by atoms with Crippen molar-refractivity contribution in [1.82, 2.24) is 10.2 Å². The second kappa shape index (κ2) is 7.26. The molecule has 2 N–H and O–H groups in total. The van der Waals surface area contributed by atoms with Gasteiger partial charge in [0.1, 0.15) is 6.61 Å². The van der Waals surface area contributed by atoms with Gasteiger partial charge in [-0.15, -0.1) is 0 Å². The van der Waals surface area contributed by atoms with E-state index < -0.39 is 0 Å². The summed E-state index contributed by atoms with van der Waals surface area (Å²) >= 11 is 0. The number of piperidine rings is 1. The van der Waals surface area contributed by atoms with Crippen LogP contribution in [0.4, 0.5) is 0 Å². The summed E-state index contributed by atoms with van der Waals surface area (Å²) < 4.78 is 0. The Balaban J connectivity index is 1.97. The zero-order valence-electron chi connectivity index (χ0n) is 12.6. The highest BCUT2D eigenvalue weighted by molar-refractivity contribution is 5.94. The summed E-state index contributed by atoms with van der Waals surface area (Å²) in [6.07, 6.45) is 0.990. The lowest BCUT2D eigenvalue weighted by Gasteiger charge is -2.35. The van der Waals surface area contributed by atoms with Crippen molar-refractivity contribution in [2.75, 3.05) is 26.7 Å². The molecule has 112 valence electrons. The minimum Gasteiger partial charge on any atom is -0.384 e. The fourth-order valence-corrected chi connectivity index (χ4v) is 2.67. The predicted molar refractivity (Wildman–Crippen MR) is 82.9 cm³/mol. The average Bonchev–Trinajstić information content (AvgIpc) is 2.48. The van der Waals surface area contributed by atoms with Crippen molar-refractivity contribution in [3.8, 4) is 11.8 Å². The maximum atomic E-state index is 12.3. The van der Waals surface area contributed by atoms with Gasteiger partial charge >= 0.3 is 0 Å². The fraction of sp³-hybridized carbons (Fsp3) is 0.471. The van der Waals surface area contributed by atoms with Gasteiger partial charge in [-0.2, -0.15) is 0 Å². The van der Waals surface area contributed by atoms with Gasteiger partial charge in [0.2, 0.25) is 0 Å². The van der Waals surface area contributed by atoms with E-state index in [1.807, 2.05) is 0 Å². The third kappa shape index (κ3) is 4.32. The van der Waals surface area contributed by atoms with Crippen LogP contribution in [0.1, 0.15) is 29.3 Å². The zero-order valence-corrected chi connectivity index (χ0v) is 12.6. The molecular formula is C17H22N2O2. The Morgan fingerprint density at radius 1 is 1.43 bits per heavy atom. The van der Waals surface area contributed by atoms with E-state index in [1.165, 1.54) is 0 Å². The number of aliphatic hydroxyl groups excluding tert-OH is 1. The highest BCUT2D eigenvalue weighted by Crippen LogP contribution is 2.16.